The van der Waals surface area contributed by atoms with Gasteiger partial charge >= 0.3 is 6.03 Å². The highest BCUT2D eigenvalue weighted by Crippen LogP contribution is 2.31. The Hall–Kier alpha value is -3.00. The van der Waals surface area contributed by atoms with Gasteiger partial charge in [-0.1, -0.05) is 24.3 Å². The van der Waals surface area contributed by atoms with Crippen LogP contribution in [0.4, 0.5) is 10.5 Å². The first-order chi connectivity index (χ1) is 11.2. The highest BCUT2D eigenvalue weighted by Gasteiger charge is 2.22. The Balaban J connectivity index is 1.73. The lowest BCUT2D eigenvalue weighted by Crippen LogP contribution is -2.35. The summed E-state index contributed by atoms with van der Waals surface area (Å²) in [6, 6.07) is 14.6. The van der Waals surface area contributed by atoms with E-state index in [-0.39, 0.29) is 12.1 Å². The second-order valence-electron chi connectivity index (χ2n) is 5.47. The molecule has 0 aromatic heterocycles. The standard InChI is InChI=1S/C18H17N3O2/c1-12-6-7-13(11-19)10-16(12)21-18(22)20-15-8-9-23-17-5-3-2-4-14(15)17/h2-7,10,15H,8-9H2,1H3,(H2,20,21,22). The number of rotatable bonds is 2. The van der Waals surface area contributed by atoms with E-state index in [0.717, 1.165) is 23.3 Å². The van der Waals surface area contributed by atoms with E-state index < -0.39 is 0 Å². The van der Waals surface area contributed by atoms with Crippen molar-refractivity contribution in [2.24, 2.45) is 0 Å². The number of anilines is 1. The van der Waals surface area contributed by atoms with Gasteiger partial charge in [-0.05, 0) is 30.7 Å². The summed E-state index contributed by atoms with van der Waals surface area (Å²) in [7, 11) is 0. The van der Waals surface area contributed by atoms with Gasteiger partial charge in [-0.25, -0.2) is 4.79 Å². The summed E-state index contributed by atoms with van der Waals surface area (Å²) in [6.45, 7) is 2.46. The molecule has 116 valence electrons. The maximum atomic E-state index is 12.3. The van der Waals surface area contributed by atoms with E-state index in [1.807, 2.05) is 37.3 Å². The van der Waals surface area contributed by atoms with Crippen LogP contribution in [0.2, 0.25) is 0 Å². The molecule has 0 aliphatic carbocycles. The van der Waals surface area contributed by atoms with E-state index in [0.29, 0.717) is 17.9 Å². The maximum Gasteiger partial charge on any atom is 0.319 e. The van der Waals surface area contributed by atoms with Crippen molar-refractivity contribution < 1.29 is 9.53 Å². The Kier molecular flexibility index (Phi) is 4.15. The lowest BCUT2D eigenvalue weighted by atomic mass is 10.0. The van der Waals surface area contributed by atoms with Gasteiger partial charge in [0.2, 0.25) is 0 Å². The highest BCUT2D eigenvalue weighted by molar-refractivity contribution is 5.90. The van der Waals surface area contributed by atoms with Crippen molar-refractivity contribution in [2.45, 2.75) is 19.4 Å². The van der Waals surface area contributed by atoms with Gasteiger partial charge in [-0.3, -0.25) is 0 Å². The van der Waals surface area contributed by atoms with Gasteiger partial charge in [0.15, 0.2) is 0 Å². The van der Waals surface area contributed by atoms with Crippen LogP contribution in [0.25, 0.3) is 0 Å². The summed E-state index contributed by atoms with van der Waals surface area (Å²) in [6.07, 6.45) is 0.724. The fourth-order valence-electron chi connectivity index (χ4n) is 2.63. The molecule has 1 aliphatic heterocycles. The Bertz CT molecular complexity index is 780. The van der Waals surface area contributed by atoms with Crippen LogP contribution in [-0.2, 0) is 0 Å². The van der Waals surface area contributed by atoms with Crippen molar-refractivity contribution in [1.82, 2.24) is 5.32 Å². The minimum absolute atomic E-state index is 0.0839. The molecule has 5 heteroatoms. The van der Waals surface area contributed by atoms with Crippen LogP contribution in [0.5, 0.6) is 5.75 Å². The third-order valence-electron chi connectivity index (χ3n) is 3.88. The summed E-state index contributed by atoms with van der Waals surface area (Å²) in [5.41, 5.74) is 3.05. The molecule has 1 atom stereocenters. The number of fused-ring (bicyclic) bond motifs is 1. The van der Waals surface area contributed by atoms with Crippen molar-refractivity contribution >= 4 is 11.7 Å². The first kappa shape index (κ1) is 14.9. The molecule has 0 radical (unpaired) electrons. The lowest BCUT2D eigenvalue weighted by Gasteiger charge is -2.26. The Morgan fingerprint density at radius 3 is 2.96 bits per heavy atom. The first-order valence-electron chi connectivity index (χ1n) is 7.47. The van der Waals surface area contributed by atoms with Crippen molar-refractivity contribution in [1.29, 1.82) is 5.26 Å². The predicted octanol–water partition coefficient (Wildman–Crippen LogP) is 3.51. The number of para-hydroxylation sites is 1. The summed E-state index contributed by atoms with van der Waals surface area (Å²) in [5, 5.41) is 14.8. The molecule has 2 amide bonds. The molecule has 2 aromatic carbocycles. The molecule has 1 aliphatic rings. The minimum Gasteiger partial charge on any atom is -0.493 e. The van der Waals surface area contributed by atoms with Gasteiger partial charge in [0.05, 0.1) is 24.3 Å². The maximum absolute atomic E-state index is 12.3. The summed E-state index contributed by atoms with van der Waals surface area (Å²) >= 11 is 0. The average molecular weight is 307 g/mol. The van der Waals surface area contributed by atoms with Crippen LogP contribution in [0.15, 0.2) is 42.5 Å². The second kappa shape index (κ2) is 6.41. The summed E-state index contributed by atoms with van der Waals surface area (Å²) in [4.78, 5) is 12.3. The van der Waals surface area contributed by atoms with Gasteiger partial charge in [-0.2, -0.15) is 5.26 Å². The van der Waals surface area contributed by atoms with Crippen LogP contribution in [0, 0.1) is 18.3 Å². The van der Waals surface area contributed by atoms with Crippen molar-refractivity contribution in [3.8, 4) is 11.8 Å². The average Bonchev–Trinajstić information content (AvgIpc) is 2.57. The molecule has 0 bridgehead atoms. The highest BCUT2D eigenvalue weighted by atomic mass is 16.5. The van der Waals surface area contributed by atoms with E-state index in [1.54, 1.807) is 12.1 Å². The largest absolute Gasteiger partial charge is 0.493 e. The van der Waals surface area contributed by atoms with E-state index >= 15 is 0 Å². The molecular weight excluding hydrogens is 290 g/mol. The zero-order chi connectivity index (χ0) is 16.2. The van der Waals surface area contributed by atoms with E-state index in [4.69, 9.17) is 10.00 Å². The van der Waals surface area contributed by atoms with Crippen LogP contribution in [0.1, 0.15) is 29.2 Å². The number of nitrogens with one attached hydrogen (secondary N) is 2. The van der Waals surface area contributed by atoms with Gasteiger partial charge in [-0.15, -0.1) is 0 Å². The van der Waals surface area contributed by atoms with Gasteiger partial charge in [0, 0.05) is 17.7 Å². The fraction of sp³-hybridized carbons (Fsp3) is 0.222. The molecule has 3 rings (SSSR count). The second-order valence-corrected chi connectivity index (χ2v) is 5.47. The molecule has 23 heavy (non-hydrogen) atoms. The van der Waals surface area contributed by atoms with Crippen LogP contribution in [0.3, 0.4) is 0 Å². The number of nitriles is 1. The summed E-state index contributed by atoms with van der Waals surface area (Å²) < 4.78 is 5.60. The van der Waals surface area contributed by atoms with Crippen LogP contribution in [-0.4, -0.2) is 12.6 Å². The SMILES string of the molecule is Cc1ccc(C#N)cc1NC(=O)NC1CCOc2ccccc21. The molecule has 0 saturated heterocycles. The van der Waals surface area contributed by atoms with Gasteiger partial charge in [0.1, 0.15) is 5.75 Å². The summed E-state index contributed by atoms with van der Waals surface area (Å²) in [5.74, 6) is 0.812. The number of benzene rings is 2. The lowest BCUT2D eigenvalue weighted by molar-refractivity contribution is 0.232. The number of carbonyl (C=O) groups is 1. The quantitative estimate of drug-likeness (QED) is 0.891. The van der Waals surface area contributed by atoms with E-state index in [1.165, 1.54) is 0 Å². The molecule has 2 N–H and O–H groups in total. The van der Waals surface area contributed by atoms with Crippen molar-refractivity contribution in [3.63, 3.8) is 0 Å². The number of carbonyl (C=O) groups excluding carboxylic acids is 1. The Morgan fingerprint density at radius 1 is 1.30 bits per heavy atom. The number of amides is 2. The van der Waals surface area contributed by atoms with E-state index in [9.17, 15) is 4.79 Å². The monoisotopic (exact) mass is 307 g/mol. The molecular formula is C18H17N3O2. The molecule has 1 unspecified atom stereocenters. The third-order valence-corrected chi connectivity index (χ3v) is 3.88. The van der Waals surface area contributed by atoms with Gasteiger partial charge in [0.25, 0.3) is 0 Å². The van der Waals surface area contributed by atoms with E-state index in [2.05, 4.69) is 16.7 Å². The molecule has 2 aromatic rings. The molecule has 0 fully saturated rings. The molecule has 0 saturated carbocycles. The topological polar surface area (TPSA) is 74.2 Å². The number of hydrogen-bond donors (Lipinski definition) is 2. The third kappa shape index (κ3) is 3.27. The minimum atomic E-state index is -0.287. The number of urea groups is 1. The Labute approximate surface area is 134 Å². The van der Waals surface area contributed by atoms with Crippen molar-refractivity contribution in [3.05, 3.63) is 59.2 Å². The normalized spacial score (nSPS) is 15.7. The van der Waals surface area contributed by atoms with Crippen molar-refractivity contribution in [2.75, 3.05) is 11.9 Å². The number of hydrogen-bond acceptors (Lipinski definition) is 3. The predicted molar refractivity (Wildman–Crippen MR) is 87.3 cm³/mol. The number of nitrogens with zero attached hydrogens (tertiary/aromatic N) is 1. The first-order valence-corrected chi connectivity index (χ1v) is 7.47. The molecule has 1 heterocycles. The zero-order valence-corrected chi connectivity index (χ0v) is 12.8. The zero-order valence-electron chi connectivity index (χ0n) is 12.8. The molecule has 5 nitrogen and oxygen atoms in total. The Morgan fingerprint density at radius 2 is 2.13 bits per heavy atom. The number of aryl methyl sites for hydroxylation is 1. The smallest absolute Gasteiger partial charge is 0.319 e. The van der Waals surface area contributed by atoms with Gasteiger partial charge < -0.3 is 15.4 Å². The molecule has 0 spiro atoms. The fourth-order valence-corrected chi connectivity index (χ4v) is 2.63. The number of ether oxygens (including phenoxy) is 1. The van der Waals surface area contributed by atoms with Crippen LogP contribution < -0.4 is 15.4 Å². The van der Waals surface area contributed by atoms with Crippen LogP contribution >= 0.6 is 0 Å².